The van der Waals surface area contributed by atoms with Gasteiger partial charge in [-0.05, 0) is 24.3 Å². The van der Waals surface area contributed by atoms with Crippen molar-refractivity contribution in [3.05, 3.63) is 59.9 Å². The van der Waals surface area contributed by atoms with Crippen LogP contribution in [0.1, 0.15) is 10.4 Å². The fourth-order valence-electron chi connectivity index (χ4n) is 1.97. The largest absolute Gasteiger partial charge is 0.478 e. The van der Waals surface area contributed by atoms with Crippen molar-refractivity contribution in [2.75, 3.05) is 0 Å². The highest BCUT2D eigenvalue weighted by Crippen LogP contribution is 2.28. The number of benzene rings is 2. The van der Waals surface area contributed by atoms with Crippen LogP contribution in [0.25, 0.3) is 22.3 Å². The Morgan fingerprint density at radius 2 is 1.89 bits per heavy atom. The minimum absolute atomic E-state index is 0.347. The molecule has 0 aliphatic carbocycles. The predicted molar refractivity (Wildman–Crippen MR) is 68.6 cm³/mol. The summed E-state index contributed by atoms with van der Waals surface area (Å²) < 4.78 is 19.2. The van der Waals surface area contributed by atoms with E-state index in [1.54, 1.807) is 6.07 Å². The summed E-state index contributed by atoms with van der Waals surface area (Å²) in [5.74, 6) is -1.55. The highest BCUT2D eigenvalue weighted by molar-refractivity contribution is 5.89. The standard InChI is InChI=1S/C15H9FO3/c16-12-7-10(5-6-11(12)15(17)18)14-8-9-3-1-2-4-13(9)19-14/h1-8H,(H,17,18). The van der Waals surface area contributed by atoms with Gasteiger partial charge in [-0.15, -0.1) is 0 Å². The van der Waals surface area contributed by atoms with Gasteiger partial charge >= 0.3 is 5.97 Å². The zero-order valence-corrected chi connectivity index (χ0v) is 9.76. The summed E-state index contributed by atoms with van der Waals surface area (Å²) in [5.41, 5.74) is 0.874. The molecule has 0 fully saturated rings. The fraction of sp³-hybridized carbons (Fsp3) is 0. The van der Waals surface area contributed by atoms with E-state index in [1.807, 2.05) is 24.3 Å². The summed E-state index contributed by atoms with van der Waals surface area (Å²) in [4.78, 5) is 10.7. The second-order valence-corrected chi connectivity index (χ2v) is 4.15. The van der Waals surface area contributed by atoms with Crippen molar-refractivity contribution < 1.29 is 18.7 Å². The monoisotopic (exact) mass is 256 g/mol. The van der Waals surface area contributed by atoms with Crippen molar-refractivity contribution in [3.8, 4) is 11.3 Å². The number of hydrogen-bond acceptors (Lipinski definition) is 2. The summed E-state index contributed by atoms with van der Waals surface area (Å²) in [7, 11) is 0. The van der Waals surface area contributed by atoms with E-state index < -0.39 is 11.8 Å². The molecular weight excluding hydrogens is 247 g/mol. The normalized spacial score (nSPS) is 10.8. The lowest BCUT2D eigenvalue weighted by Gasteiger charge is -2.00. The maximum Gasteiger partial charge on any atom is 0.338 e. The van der Waals surface area contributed by atoms with Crippen molar-refractivity contribution in [1.29, 1.82) is 0 Å². The lowest BCUT2D eigenvalue weighted by atomic mass is 10.1. The van der Waals surface area contributed by atoms with Crippen LogP contribution in [0, 0.1) is 5.82 Å². The van der Waals surface area contributed by atoms with Gasteiger partial charge in [-0.25, -0.2) is 9.18 Å². The van der Waals surface area contributed by atoms with Crippen LogP contribution in [0.4, 0.5) is 4.39 Å². The number of aromatic carboxylic acids is 1. The molecule has 1 heterocycles. The van der Waals surface area contributed by atoms with E-state index >= 15 is 0 Å². The number of carboxylic acids is 1. The maximum absolute atomic E-state index is 13.6. The lowest BCUT2D eigenvalue weighted by Crippen LogP contribution is -1.99. The first-order valence-corrected chi connectivity index (χ1v) is 5.67. The molecule has 0 saturated heterocycles. The SMILES string of the molecule is O=C(O)c1ccc(-c2cc3ccccc3o2)cc1F. The Balaban J connectivity index is 2.11. The number of halogens is 1. The minimum Gasteiger partial charge on any atom is -0.478 e. The molecule has 0 aliphatic rings. The molecule has 3 aromatic rings. The smallest absolute Gasteiger partial charge is 0.338 e. The van der Waals surface area contributed by atoms with Gasteiger partial charge in [0.05, 0.1) is 5.56 Å². The number of carboxylic acid groups (broad SMARTS) is 1. The van der Waals surface area contributed by atoms with Gasteiger partial charge in [0.2, 0.25) is 0 Å². The molecule has 1 aromatic heterocycles. The Morgan fingerprint density at radius 1 is 1.11 bits per heavy atom. The third kappa shape index (κ3) is 1.97. The zero-order valence-electron chi connectivity index (χ0n) is 9.76. The molecule has 0 saturated carbocycles. The van der Waals surface area contributed by atoms with Gasteiger partial charge < -0.3 is 9.52 Å². The Bertz CT molecular complexity index is 741. The van der Waals surface area contributed by atoms with E-state index in [2.05, 4.69) is 0 Å². The molecule has 0 amide bonds. The van der Waals surface area contributed by atoms with E-state index in [-0.39, 0.29) is 5.56 Å². The van der Waals surface area contributed by atoms with Gasteiger partial charge in [0.25, 0.3) is 0 Å². The zero-order chi connectivity index (χ0) is 13.4. The summed E-state index contributed by atoms with van der Waals surface area (Å²) >= 11 is 0. The topological polar surface area (TPSA) is 50.4 Å². The summed E-state index contributed by atoms with van der Waals surface area (Å²) in [6.45, 7) is 0. The first kappa shape index (κ1) is 11.5. The number of hydrogen-bond donors (Lipinski definition) is 1. The summed E-state index contributed by atoms with van der Waals surface area (Å²) in [6, 6.07) is 13.2. The molecule has 3 rings (SSSR count). The van der Waals surface area contributed by atoms with E-state index in [0.29, 0.717) is 16.9 Å². The van der Waals surface area contributed by atoms with Crippen LogP contribution in [-0.4, -0.2) is 11.1 Å². The van der Waals surface area contributed by atoms with Crippen LogP contribution in [-0.2, 0) is 0 Å². The Kier molecular flexibility index (Phi) is 2.56. The average Bonchev–Trinajstić information content (AvgIpc) is 2.81. The van der Waals surface area contributed by atoms with Crippen molar-refractivity contribution in [2.45, 2.75) is 0 Å². The maximum atomic E-state index is 13.6. The van der Waals surface area contributed by atoms with Crippen LogP contribution in [0.15, 0.2) is 52.9 Å². The minimum atomic E-state index is -1.28. The molecule has 19 heavy (non-hydrogen) atoms. The van der Waals surface area contributed by atoms with Gasteiger partial charge in [-0.1, -0.05) is 24.3 Å². The van der Waals surface area contributed by atoms with Crippen molar-refractivity contribution in [2.24, 2.45) is 0 Å². The van der Waals surface area contributed by atoms with Gasteiger partial charge in [-0.2, -0.15) is 0 Å². The van der Waals surface area contributed by atoms with Crippen LogP contribution >= 0.6 is 0 Å². The van der Waals surface area contributed by atoms with E-state index in [1.165, 1.54) is 18.2 Å². The molecule has 4 heteroatoms. The number of para-hydroxylation sites is 1. The third-order valence-corrected chi connectivity index (χ3v) is 2.91. The Hall–Kier alpha value is -2.62. The van der Waals surface area contributed by atoms with Gasteiger partial charge in [0.15, 0.2) is 0 Å². The van der Waals surface area contributed by atoms with Gasteiger partial charge in [-0.3, -0.25) is 0 Å². The average molecular weight is 256 g/mol. The van der Waals surface area contributed by atoms with Gasteiger partial charge in [0.1, 0.15) is 17.2 Å². The fourth-order valence-corrected chi connectivity index (χ4v) is 1.97. The van der Waals surface area contributed by atoms with E-state index in [9.17, 15) is 9.18 Å². The van der Waals surface area contributed by atoms with Crippen molar-refractivity contribution in [1.82, 2.24) is 0 Å². The second kappa shape index (κ2) is 4.24. The number of rotatable bonds is 2. The van der Waals surface area contributed by atoms with Crippen LogP contribution < -0.4 is 0 Å². The second-order valence-electron chi connectivity index (χ2n) is 4.15. The molecule has 0 atom stereocenters. The van der Waals surface area contributed by atoms with E-state index in [4.69, 9.17) is 9.52 Å². The highest BCUT2D eigenvalue weighted by atomic mass is 19.1. The number of fused-ring (bicyclic) bond motifs is 1. The number of furan rings is 1. The molecule has 0 aliphatic heterocycles. The van der Waals surface area contributed by atoms with Crippen LogP contribution in [0.5, 0.6) is 0 Å². The predicted octanol–water partition coefficient (Wildman–Crippen LogP) is 3.94. The molecule has 0 radical (unpaired) electrons. The molecule has 3 nitrogen and oxygen atoms in total. The van der Waals surface area contributed by atoms with Crippen LogP contribution in [0.2, 0.25) is 0 Å². The molecule has 0 unspecified atom stereocenters. The molecule has 1 N–H and O–H groups in total. The summed E-state index contributed by atoms with van der Waals surface area (Å²) in [5, 5.41) is 9.69. The molecule has 2 aromatic carbocycles. The van der Waals surface area contributed by atoms with Crippen LogP contribution in [0.3, 0.4) is 0 Å². The highest BCUT2D eigenvalue weighted by Gasteiger charge is 2.13. The molecule has 94 valence electrons. The molecule has 0 spiro atoms. The Labute approximate surface area is 107 Å². The first-order valence-electron chi connectivity index (χ1n) is 5.67. The molecule has 0 bridgehead atoms. The van der Waals surface area contributed by atoms with Crippen molar-refractivity contribution in [3.63, 3.8) is 0 Å². The molecular formula is C15H9FO3. The lowest BCUT2D eigenvalue weighted by molar-refractivity contribution is 0.0692. The van der Waals surface area contributed by atoms with E-state index in [0.717, 1.165) is 5.39 Å². The summed E-state index contributed by atoms with van der Waals surface area (Å²) in [6.07, 6.45) is 0. The number of carbonyl (C=O) groups is 1. The first-order chi connectivity index (χ1) is 9.15. The quantitative estimate of drug-likeness (QED) is 0.755. The Morgan fingerprint density at radius 3 is 2.58 bits per heavy atom. The van der Waals surface area contributed by atoms with Crippen molar-refractivity contribution >= 4 is 16.9 Å². The third-order valence-electron chi connectivity index (χ3n) is 2.91. The van der Waals surface area contributed by atoms with Gasteiger partial charge in [0, 0.05) is 10.9 Å².